The Labute approximate surface area is 107 Å². The standard InChI is InChI=1S/C12H21N3OS/c1-4-9(10-14-7-8-17-10)15-11(16)12(13,5-2)6-3/h7-9H,4-6,13H2,1-3H3,(H,15,16). The first-order valence-corrected chi connectivity index (χ1v) is 6.94. The van der Waals surface area contributed by atoms with Crippen molar-refractivity contribution in [2.45, 2.75) is 51.6 Å². The number of nitrogens with one attached hydrogen (secondary N) is 1. The van der Waals surface area contributed by atoms with Crippen LogP contribution >= 0.6 is 11.3 Å². The Bertz CT molecular complexity index is 347. The van der Waals surface area contributed by atoms with Gasteiger partial charge < -0.3 is 11.1 Å². The van der Waals surface area contributed by atoms with Gasteiger partial charge in [-0.3, -0.25) is 4.79 Å². The molecule has 5 heteroatoms. The molecule has 0 aliphatic carbocycles. The van der Waals surface area contributed by atoms with Crippen LogP contribution in [0.15, 0.2) is 11.6 Å². The molecule has 0 aliphatic heterocycles. The largest absolute Gasteiger partial charge is 0.345 e. The summed E-state index contributed by atoms with van der Waals surface area (Å²) in [5, 5.41) is 5.85. The van der Waals surface area contributed by atoms with E-state index < -0.39 is 5.54 Å². The number of hydrogen-bond acceptors (Lipinski definition) is 4. The zero-order valence-corrected chi connectivity index (χ0v) is 11.5. The van der Waals surface area contributed by atoms with Crippen LogP contribution in [-0.2, 0) is 4.79 Å². The second kappa shape index (κ2) is 6.12. The van der Waals surface area contributed by atoms with Crippen molar-refractivity contribution in [3.8, 4) is 0 Å². The number of amides is 1. The van der Waals surface area contributed by atoms with Gasteiger partial charge in [-0.25, -0.2) is 4.98 Å². The molecule has 17 heavy (non-hydrogen) atoms. The molecule has 1 aromatic heterocycles. The normalized spacial score (nSPS) is 13.4. The highest BCUT2D eigenvalue weighted by Crippen LogP contribution is 2.21. The average molecular weight is 255 g/mol. The van der Waals surface area contributed by atoms with Gasteiger partial charge in [-0.2, -0.15) is 0 Å². The molecule has 1 aromatic rings. The molecule has 0 radical (unpaired) electrons. The summed E-state index contributed by atoms with van der Waals surface area (Å²) in [6, 6.07) is -0.0245. The molecule has 1 heterocycles. The van der Waals surface area contributed by atoms with Crippen LogP contribution in [0, 0.1) is 0 Å². The van der Waals surface area contributed by atoms with Gasteiger partial charge in [0.25, 0.3) is 0 Å². The molecule has 1 atom stereocenters. The van der Waals surface area contributed by atoms with E-state index in [-0.39, 0.29) is 11.9 Å². The average Bonchev–Trinajstić information content (AvgIpc) is 2.88. The lowest BCUT2D eigenvalue weighted by Crippen LogP contribution is -2.53. The number of rotatable bonds is 6. The van der Waals surface area contributed by atoms with E-state index in [1.165, 1.54) is 0 Å². The van der Waals surface area contributed by atoms with E-state index in [1.807, 2.05) is 26.2 Å². The first kappa shape index (κ1) is 14.1. The molecule has 0 fully saturated rings. The van der Waals surface area contributed by atoms with Crippen LogP contribution in [-0.4, -0.2) is 16.4 Å². The fourth-order valence-corrected chi connectivity index (χ4v) is 2.39. The number of hydrogen-bond donors (Lipinski definition) is 2. The minimum absolute atomic E-state index is 0.0245. The second-order valence-electron chi connectivity index (χ2n) is 4.17. The lowest BCUT2D eigenvalue weighted by Gasteiger charge is -2.27. The Morgan fingerprint density at radius 2 is 2.18 bits per heavy atom. The van der Waals surface area contributed by atoms with E-state index in [1.54, 1.807) is 17.5 Å². The van der Waals surface area contributed by atoms with Crippen LogP contribution in [0.2, 0.25) is 0 Å². The van der Waals surface area contributed by atoms with Gasteiger partial charge in [-0.15, -0.1) is 11.3 Å². The first-order valence-electron chi connectivity index (χ1n) is 6.06. The summed E-state index contributed by atoms with van der Waals surface area (Å²) >= 11 is 1.56. The van der Waals surface area contributed by atoms with Crippen molar-refractivity contribution in [2.24, 2.45) is 5.73 Å². The fourth-order valence-electron chi connectivity index (χ4n) is 1.62. The molecule has 4 nitrogen and oxygen atoms in total. The zero-order valence-electron chi connectivity index (χ0n) is 10.7. The number of carbonyl (C=O) groups excluding carboxylic acids is 1. The van der Waals surface area contributed by atoms with Gasteiger partial charge in [-0.05, 0) is 19.3 Å². The van der Waals surface area contributed by atoms with Crippen molar-refractivity contribution >= 4 is 17.2 Å². The minimum atomic E-state index is -0.759. The monoisotopic (exact) mass is 255 g/mol. The summed E-state index contributed by atoms with van der Waals surface area (Å²) in [7, 11) is 0. The Balaban J connectivity index is 2.72. The summed E-state index contributed by atoms with van der Waals surface area (Å²) in [6.45, 7) is 5.91. The van der Waals surface area contributed by atoms with Crippen molar-refractivity contribution in [1.29, 1.82) is 0 Å². The van der Waals surface area contributed by atoms with Crippen molar-refractivity contribution in [1.82, 2.24) is 10.3 Å². The van der Waals surface area contributed by atoms with E-state index in [2.05, 4.69) is 10.3 Å². The van der Waals surface area contributed by atoms with Crippen LogP contribution in [0.25, 0.3) is 0 Å². The molecule has 0 saturated carbocycles. The van der Waals surface area contributed by atoms with Gasteiger partial charge in [0.1, 0.15) is 5.01 Å². The van der Waals surface area contributed by atoms with Crippen LogP contribution in [0.5, 0.6) is 0 Å². The number of nitrogens with two attached hydrogens (primary N) is 1. The predicted molar refractivity (Wildman–Crippen MR) is 70.8 cm³/mol. The smallest absolute Gasteiger partial charge is 0.240 e. The highest BCUT2D eigenvalue weighted by Gasteiger charge is 2.31. The molecular weight excluding hydrogens is 234 g/mol. The Morgan fingerprint density at radius 1 is 1.53 bits per heavy atom. The number of nitrogens with zero attached hydrogens (tertiary/aromatic N) is 1. The maximum atomic E-state index is 12.1. The SMILES string of the molecule is CCC(NC(=O)C(N)(CC)CC)c1nccs1. The van der Waals surface area contributed by atoms with E-state index in [0.717, 1.165) is 11.4 Å². The summed E-state index contributed by atoms with van der Waals surface area (Å²) in [5.74, 6) is -0.0791. The zero-order chi connectivity index (χ0) is 12.9. The highest BCUT2D eigenvalue weighted by molar-refractivity contribution is 7.09. The second-order valence-corrected chi connectivity index (χ2v) is 5.09. The van der Waals surface area contributed by atoms with E-state index in [0.29, 0.717) is 12.8 Å². The Morgan fingerprint density at radius 3 is 2.59 bits per heavy atom. The maximum Gasteiger partial charge on any atom is 0.240 e. The molecule has 0 saturated heterocycles. The van der Waals surface area contributed by atoms with Crippen LogP contribution < -0.4 is 11.1 Å². The first-order chi connectivity index (χ1) is 8.07. The van der Waals surface area contributed by atoms with Crippen molar-refractivity contribution in [2.75, 3.05) is 0 Å². The fraction of sp³-hybridized carbons (Fsp3) is 0.667. The van der Waals surface area contributed by atoms with Gasteiger partial charge in [0.15, 0.2) is 0 Å². The van der Waals surface area contributed by atoms with Gasteiger partial charge in [0.05, 0.1) is 11.6 Å². The quantitative estimate of drug-likeness (QED) is 0.819. The molecule has 1 unspecified atom stereocenters. The van der Waals surface area contributed by atoms with E-state index in [9.17, 15) is 4.79 Å². The maximum absolute atomic E-state index is 12.1. The molecule has 1 rings (SSSR count). The number of thiazole rings is 1. The molecule has 0 aliphatic rings. The van der Waals surface area contributed by atoms with Gasteiger partial charge in [0.2, 0.25) is 5.91 Å². The van der Waals surface area contributed by atoms with Gasteiger partial charge in [-0.1, -0.05) is 20.8 Å². The summed E-state index contributed by atoms with van der Waals surface area (Å²) in [4.78, 5) is 16.4. The van der Waals surface area contributed by atoms with E-state index >= 15 is 0 Å². The van der Waals surface area contributed by atoms with Crippen LogP contribution in [0.3, 0.4) is 0 Å². The van der Waals surface area contributed by atoms with Crippen molar-refractivity contribution < 1.29 is 4.79 Å². The van der Waals surface area contributed by atoms with Crippen LogP contribution in [0.4, 0.5) is 0 Å². The Kier molecular flexibility index (Phi) is 5.08. The number of aromatic nitrogens is 1. The summed E-state index contributed by atoms with van der Waals surface area (Å²) in [5.41, 5.74) is 5.31. The van der Waals surface area contributed by atoms with E-state index in [4.69, 9.17) is 5.73 Å². The third-order valence-corrected chi connectivity index (χ3v) is 4.07. The highest BCUT2D eigenvalue weighted by atomic mass is 32.1. The molecule has 0 bridgehead atoms. The molecule has 96 valence electrons. The summed E-state index contributed by atoms with van der Waals surface area (Å²) < 4.78 is 0. The number of carbonyl (C=O) groups is 1. The van der Waals surface area contributed by atoms with Crippen LogP contribution in [0.1, 0.15) is 51.1 Å². The van der Waals surface area contributed by atoms with Crippen molar-refractivity contribution in [3.63, 3.8) is 0 Å². The predicted octanol–water partition coefficient (Wildman–Crippen LogP) is 2.23. The third-order valence-electron chi connectivity index (χ3n) is 3.18. The molecule has 3 N–H and O–H groups in total. The minimum Gasteiger partial charge on any atom is -0.345 e. The molecule has 0 aromatic carbocycles. The van der Waals surface area contributed by atoms with Gasteiger partial charge in [0, 0.05) is 11.6 Å². The van der Waals surface area contributed by atoms with Crippen molar-refractivity contribution in [3.05, 3.63) is 16.6 Å². The van der Waals surface area contributed by atoms with Gasteiger partial charge >= 0.3 is 0 Å². The lowest BCUT2D eigenvalue weighted by atomic mass is 9.93. The topological polar surface area (TPSA) is 68.0 Å². The lowest BCUT2D eigenvalue weighted by molar-refractivity contribution is -0.127. The molecular formula is C12H21N3OS. The third kappa shape index (κ3) is 3.26. The summed E-state index contributed by atoms with van der Waals surface area (Å²) in [6.07, 6.45) is 3.86. The molecule has 0 spiro atoms. The Hall–Kier alpha value is -0.940. The molecule has 1 amide bonds.